The summed E-state index contributed by atoms with van der Waals surface area (Å²) in [6.45, 7) is 4.12. The molecule has 0 aromatic rings. The van der Waals surface area contributed by atoms with Crippen molar-refractivity contribution >= 4 is 5.84 Å². The topological polar surface area (TPSA) is 39.1 Å². The normalized spacial score (nSPS) is 21.6. The Morgan fingerprint density at radius 2 is 2.00 bits per heavy atom. The van der Waals surface area contributed by atoms with Crippen LogP contribution in [0.25, 0.3) is 0 Å². The Morgan fingerprint density at radius 1 is 1.45 bits per heavy atom. The van der Waals surface area contributed by atoms with Crippen LogP contribution in [0.2, 0.25) is 0 Å². The van der Waals surface area contributed by atoms with E-state index in [1.807, 2.05) is 0 Å². The van der Waals surface area contributed by atoms with E-state index in [0.717, 1.165) is 13.1 Å². The maximum atomic E-state index is 7.26. The van der Waals surface area contributed by atoms with E-state index < -0.39 is 0 Å². The monoisotopic (exact) mass is 155 g/mol. The predicted octanol–water partition coefficient (Wildman–Crippen LogP) is 0.667. The molecule has 0 saturated carbocycles. The van der Waals surface area contributed by atoms with Gasteiger partial charge in [0.2, 0.25) is 0 Å². The van der Waals surface area contributed by atoms with E-state index >= 15 is 0 Å². The van der Waals surface area contributed by atoms with Gasteiger partial charge in [-0.25, -0.2) is 0 Å². The van der Waals surface area contributed by atoms with Gasteiger partial charge in [-0.15, -0.1) is 0 Å². The van der Waals surface area contributed by atoms with Crippen molar-refractivity contribution in [2.45, 2.75) is 25.8 Å². The van der Waals surface area contributed by atoms with Crippen molar-refractivity contribution in [3.8, 4) is 0 Å². The highest BCUT2D eigenvalue weighted by atomic mass is 15.1. The van der Waals surface area contributed by atoms with Crippen LogP contribution in [0.3, 0.4) is 0 Å². The molecular formula is C8H17N3. The lowest BCUT2D eigenvalue weighted by molar-refractivity contribution is 0.246. The lowest BCUT2D eigenvalue weighted by atomic mass is 10.1. The largest absolute Gasteiger partial charge is 0.371 e. The Morgan fingerprint density at radius 3 is 2.45 bits per heavy atom. The summed E-state index contributed by atoms with van der Waals surface area (Å²) in [6, 6.07) is 0.545. The average molecular weight is 155 g/mol. The van der Waals surface area contributed by atoms with Crippen molar-refractivity contribution in [2.75, 3.05) is 20.1 Å². The van der Waals surface area contributed by atoms with Gasteiger partial charge in [-0.3, -0.25) is 5.41 Å². The highest BCUT2D eigenvalue weighted by molar-refractivity contribution is 5.76. The lowest BCUT2D eigenvalue weighted by Gasteiger charge is -2.29. The van der Waals surface area contributed by atoms with Gasteiger partial charge in [-0.1, -0.05) is 0 Å². The Hall–Kier alpha value is -0.570. The maximum Gasteiger partial charge on any atom is 0.0901 e. The molecule has 3 heteroatoms. The number of nitrogens with zero attached hydrogens (tertiary/aromatic N) is 1. The van der Waals surface area contributed by atoms with Crippen molar-refractivity contribution < 1.29 is 0 Å². The molecule has 0 aromatic carbocycles. The first-order valence-electron chi connectivity index (χ1n) is 4.18. The second kappa shape index (κ2) is 3.72. The van der Waals surface area contributed by atoms with Crippen molar-refractivity contribution in [1.29, 1.82) is 5.41 Å². The quantitative estimate of drug-likeness (QED) is 0.431. The molecule has 0 bridgehead atoms. The van der Waals surface area contributed by atoms with Gasteiger partial charge in [-0.2, -0.15) is 0 Å². The van der Waals surface area contributed by atoms with Gasteiger partial charge in [-0.05, 0) is 39.9 Å². The maximum absolute atomic E-state index is 7.26. The fourth-order valence-corrected chi connectivity index (χ4v) is 1.46. The van der Waals surface area contributed by atoms with Crippen LogP contribution in [0, 0.1) is 5.41 Å². The number of hydrogen-bond acceptors (Lipinski definition) is 2. The molecule has 2 N–H and O–H groups in total. The molecule has 0 radical (unpaired) electrons. The first kappa shape index (κ1) is 8.53. The van der Waals surface area contributed by atoms with Crippen molar-refractivity contribution in [1.82, 2.24) is 10.2 Å². The van der Waals surface area contributed by atoms with Crippen LogP contribution in [0.5, 0.6) is 0 Å². The minimum atomic E-state index is 0.545. The van der Waals surface area contributed by atoms with Gasteiger partial charge < -0.3 is 10.2 Å². The number of piperidine rings is 1. The predicted molar refractivity (Wildman–Crippen MR) is 47.1 cm³/mol. The summed E-state index contributed by atoms with van der Waals surface area (Å²) in [5, 5.41) is 10.4. The minimum absolute atomic E-state index is 0.545. The van der Waals surface area contributed by atoms with Crippen molar-refractivity contribution in [2.24, 2.45) is 0 Å². The number of nitrogens with one attached hydrogen (secondary N) is 2. The lowest BCUT2D eigenvalue weighted by Crippen LogP contribution is -2.42. The summed E-state index contributed by atoms with van der Waals surface area (Å²) < 4.78 is 0. The Labute approximate surface area is 68.3 Å². The van der Waals surface area contributed by atoms with Crippen LogP contribution >= 0.6 is 0 Å². The Kier molecular flexibility index (Phi) is 2.88. The summed E-state index contributed by atoms with van der Waals surface area (Å²) in [4.78, 5) is 2.33. The smallest absolute Gasteiger partial charge is 0.0901 e. The summed E-state index contributed by atoms with van der Waals surface area (Å²) in [6.07, 6.45) is 2.35. The van der Waals surface area contributed by atoms with Crippen LogP contribution in [-0.2, 0) is 0 Å². The molecule has 0 unspecified atom stereocenters. The van der Waals surface area contributed by atoms with E-state index in [1.54, 1.807) is 6.92 Å². The zero-order valence-electron chi connectivity index (χ0n) is 7.35. The van der Waals surface area contributed by atoms with E-state index in [2.05, 4.69) is 17.3 Å². The molecule has 0 atom stereocenters. The Bertz CT molecular complexity index is 136. The third kappa shape index (κ3) is 2.89. The molecule has 0 aliphatic carbocycles. The van der Waals surface area contributed by atoms with E-state index in [0.29, 0.717) is 11.9 Å². The molecule has 0 amide bonds. The fraction of sp³-hybridized carbons (Fsp3) is 0.875. The van der Waals surface area contributed by atoms with Crippen molar-refractivity contribution in [3.63, 3.8) is 0 Å². The van der Waals surface area contributed by atoms with Gasteiger partial charge in [0.25, 0.3) is 0 Å². The highest BCUT2D eigenvalue weighted by Crippen LogP contribution is 2.07. The van der Waals surface area contributed by atoms with E-state index in [-0.39, 0.29) is 0 Å². The summed E-state index contributed by atoms with van der Waals surface area (Å²) >= 11 is 0. The zero-order valence-corrected chi connectivity index (χ0v) is 7.35. The first-order chi connectivity index (χ1) is 5.18. The molecule has 1 rings (SSSR count). The standard InChI is InChI=1S/C8H17N3/c1-7(9)10-8-3-5-11(2)6-4-8/h8H,3-6H2,1-2H3,(H2,9,10). The number of amidine groups is 1. The molecule has 1 saturated heterocycles. The zero-order chi connectivity index (χ0) is 8.27. The van der Waals surface area contributed by atoms with E-state index in [4.69, 9.17) is 5.41 Å². The number of likely N-dealkylation sites (tertiary alicyclic amines) is 1. The van der Waals surface area contributed by atoms with Gasteiger partial charge >= 0.3 is 0 Å². The summed E-state index contributed by atoms with van der Waals surface area (Å²) in [5.41, 5.74) is 0. The van der Waals surface area contributed by atoms with Crippen LogP contribution in [0.1, 0.15) is 19.8 Å². The molecule has 3 nitrogen and oxygen atoms in total. The molecule has 1 fully saturated rings. The third-order valence-electron chi connectivity index (χ3n) is 2.14. The molecule has 1 aliphatic heterocycles. The minimum Gasteiger partial charge on any atom is -0.371 e. The van der Waals surface area contributed by atoms with Gasteiger partial charge in [0.15, 0.2) is 0 Å². The van der Waals surface area contributed by atoms with Crippen LogP contribution in [0.15, 0.2) is 0 Å². The summed E-state index contributed by atoms with van der Waals surface area (Å²) in [5.74, 6) is 0.597. The number of rotatable bonds is 1. The highest BCUT2D eigenvalue weighted by Gasteiger charge is 2.15. The summed E-state index contributed by atoms with van der Waals surface area (Å²) in [7, 11) is 2.15. The van der Waals surface area contributed by atoms with Gasteiger partial charge in [0, 0.05) is 6.04 Å². The SMILES string of the molecule is CC(=N)NC1CCN(C)CC1. The van der Waals surface area contributed by atoms with Gasteiger partial charge in [0.1, 0.15) is 0 Å². The van der Waals surface area contributed by atoms with Crippen molar-refractivity contribution in [3.05, 3.63) is 0 Å². The van der Waals surface area contributed by atoms with Crippen LogP contribution < -0.4 is 5.32 Å². The average Bonchev–Trinajstić information content (AvgIpc) is 1.93. The number of hydrogen-bond donors (Lipinski definition) is 2. The molecule has 0 spiro atoms. The second-order valence-electron chi connectivity index (χ2n) is 3.35. The van der Waals surface area contributed by atoms with Crippen LogP contribution in [0.4, 0.5) is 0 Å². The molecule has 64 valence electrons. The third-order valence-corrected chi connectivity index (χ3v) is 2.14. The first-order valence-corrected chi connectivity index (χ1v) is 4.18. The second-order valence-corrected chi connectivity index (χ2v) is 3.35. The Balaban J connectivity index is 2.22. The van der Waals surface area contributed by atoms with E-state index in [9.17, 15) is 0 Å². The molecule has 1 heterocycles. The molecule has 0 aromatic heterocycles. The van der Waals surface area contributed by atoms with Crippen LogP contribution in [-0.4, -0.2) is 36.9 Å². The van der Waals surface area contributed by atoms with Gasteiger partial charge in [0.05, 0.1) is 5.84 Å². The molecule has 1 aliphatic rings. The molecule has 11 heavy (non-hydrogen) atoms. The van der Waals surface area contributed by atoms with E-state index in [1.165, 1.54) is 12.8 Å². The fourth-order valence-electron chi connectivity index (χ4n) is 1.46. The molecular weight excluding hydrogens is 138 g/mol.